The number of para-hydroxylation sites is 1. The van der Waals surface area contributed by atoms with E-state index >= 15 is 0 Å². The molecule has 208 valence electrons. The highest BCUT2D eigenvalue weighted by Gasteiger charge is 2.33. The van der Waals surface area contributed by atoms with Gasteiger partial charge < -0.3 is 19.5 Å². The fourth-order valence-corrected chi connectivity index (χ4v) is 5.63. The minimum Gasteiger partial charge on any atom is -0.495 e. The number of hydrogen-bond donors (Lipinski definition) is 1. The largest absolute Gasteiger partial charge is 0.495 e. The van der Waals surface area contributed by atoms with E-state index in [4.69, 9.17) is 38.0 Å². The van der Waals surface area contributed by atoms with E-state index in [1.807, 2.05) is 31.2 Å². The molecule has 0 radical (unpaired) electrons. The Morgan fingerprint density at radius 2 is 1.82 bits per heavy atom. The van der Waals surface area contributed by atoms with Crippen molar-refractivity contribution < 1.29 is 23.8 Å². The molecule has 10 heteroatoms. The number of anilines is 2. The van der Waals surface area contributed by atoms with Gasteiger partial charge in [-0.3, -0.25) is 14.5 Å². The lowest BCUT2D eigenvalue weighted by Crippen LogP contribution is -2.27. The molecule has 0 aromatic heterocycles. The van der Waals surface area contributed by atoms with Crippen LogP contribution in [0.5, 0.6) is 17.2 Å². The number of ether oxygens (including phenoxy) is 3. The van der Waals surface area contributed by atoms with Crippen molar-refractivity contribution in [3.8, 4) is 17.2 Å². The van der Waals surface area contributed by atoms with Crippen molar-refractivity contribution in [3.05, 3.63) is 81.7 Å². The van der Waals surface area contributed by atoms with Crippen LogP contribution in [0.25, 0.3) is 6.08 Å². The topological polar surface area (TPSA) is 77.1 Å². The van der Waals surface area contributed by atoms with Gasteiger partial charge in [-0.1, -0.05) is 73.7 Å². The van der Waals surface area contributed by atoms with Crippen molar-refractivity contribution in [1.82, 2.24) is 0 Å². The molecule has 40 heavy (non-hydrogen) atoms. The summed E-state index contributed by atoms with van der Waals surface area (Å²) in [6.07, 6.45) is 1.74. The smallest absolute Gasteiger partial charge is 0.270 e. The number of benzene rings is 3. The second-order valence-corrected chi connectivity index (χ2v) is 11.1. The number of rotatable bonds is 10. The molecule has 1 aliphatic heterocycles. The Bertz CT molecular complexity index is 1470. The molecule has 4 rings (SSSR count). The number of hydrogen-bond acceptors (Lipinski definition) is 7. The molecule has 1 saturated heterocycles. The number of nitrogens with zero attached hydrogens (tertiary/aromatic N) is 1. The minimum atomic E-state index is -0.276. The van der Waals surface area contributed by atoms with E-state index in [0.717, 1.165) is 16.8 Å². The van der Waals surface area contributed by atoms with E-state index < -0.39 is 0 Å². The molecule has 0 unspecified atom stereocenters. The molecule has 3 aromatic rings. The normalized spacial score (nSPS) is 14.2. The van der Waals surface area contributed by atoms with Crippen LogP contribution in [0, 0.1) is 0 Å². The van der Waals surface area contributed by atoms with Crippen molar-refractivity contribution >= 4 is 69.2 Å². The Hall–Kier alpha value is -3.53. The van der Waals surface area contributed by atoms with E-state index in [-0.39, 0.29) is 24.3 Å². The zero-order chi connectivity index (χ0) is 28.8. The third-order valence-corrected chi connectivity index (χ3v) is 7.57. The van der Waals surface area contributed by atoms with Gasteiger partial charge >= 0.3 is 0 Å². The molecule has 1 aliphatic rings. The standard InChI is InChI=1S/C30H29ClN2O5S2/c1-5-37-26-14-19(10-12-25(26)38-17-28(34)32-23-9-7-6-8-21(23)18(2)3)15-27-29(35)33(30(39)40-27)20-11-13-24(36-4)22(31)16-20/h6-16,18H,5,17H2,1-4H3,(H,32,34)/b27-15+. The lowest BCUT2D eigenvalue weighted by atomic mass is 10.0. The average molecular weight is 597 g/mol. The number of amides is 2. The van der Waals surface area contributed by atoms with Crippen molar-refractivity contribution in [2.45, 2.75) is 26.7 Å². The number of nitrogens with one attached hydrogen (secondary N) is 1. The van der Waals surface area contributed by atoms with Crippen LogP contribution in [0.15, 0.2) is 65.6 Å². The van der Waals surface area contributed by atoms with E-state index in [9.17, 15) is 9.59 Å². The summed E-state index contributed by atoms with van der Waals surface area (Å²) >= 11 is 12.9. The van der Waals surface area contributed by atoms with E-state index in [1.54, 1.807) is 42.5 Å². The zero-order valence-electron chi connectivity index (χ0n) is 22.5. The summed E-state index contributed by atoms with van der Waals surface area (Å²) in [6, 6.07) is 18.0. The van der Waals surface area contributed by atoms with Crippen LogP contribution in [-0.4, -0.2) is 36.5 Å². The van der Waals surface area contributed by atoms with Crippen LogP contribution in [0.3, 0.4) is 0 Å². The minimum absolute atomic E-state index is 0.186. The highest BCUT2D eigenvalue weighted by atomic mass is 35.5. The summed E-state index contributed by atoms with van der Waals surface area (Å²) in [5.41, 5.74) is 3.10. The monoisotopic (exact) mass is 596 g/mol. The molecular formula is C30H29ClN2O5S2. The lowest BCUT2D eigenvalue weighted by Gasteiger charge is -2.16. The SMILES string of the molecule is CCOc1cc(/C=C2/SC(=S)N(c3ccc(OC)c(Cl)c3)C2=O)ccc1OCC(=O)Nc1ccccc1C(C)C. The highest BCUT2D eigenvalue weighted by Crippen LogP contribution is 2.39. The van der Waals surface area contributed by atoms with Crippen molar-refractivity contribution in [2.24, 2.45) is 0 Å². The fraction of sp³-hybridized carbons (Fsp3) is 0.233. The summed E-state index contributed by atoms with van der Waals surface area (Å²) < 4.78 is 17.2. The van der Waals surface area contributed by atoms with Gasteiger partial charge in [0.15, 0.2) is 22.4 Å². The molecule has 0 atom stereocenters. The summed E-state index contributed by atoms with van der Waals surface area (Å²) in [6.45, 7) is 6.22. The van der Waals surface area contributed by atoms with E-state index in [2.05, 4.69) is 19.2 Å². The summed E-state index contributed by atoms with van der Waals surface area (Å²) in [4.78, 5) is 27.8. The van der Waals surface area contributed by atoms with Gasteiger partial charge in [-0.2, -0.15) is 0 Å². The molecule has 0 bridgehead atoms. The first-order chi connectivity index (χ1) is 19.2. The lowest BCUT2D eigenvalue weighted by molar-refractivity contribution is -0.118. The van der Waals surface area contributed by atoms with Crippen LogP contribution >= 0.6 is 35.6 Å². The van der Waals surface area contributed by atoms with E-state index in [1.165, 1.54) is 23.8 Å². The van der Waals surface area contributed by atoms with Crippen LogP contribution < -0.4 is 24.4 Å². The van der Waals surface area contributed by atoms with Gasteiger partial charge in [0.25, 0.3) is 11.8 Å². The predicted octanol–water partition coefficient (Wildman–Crippen LogP) is 7.29. The van der Waals surface area contributed by atoms with Crippen LogP contribution in [0.4, 0.5) is 11.4 Å². The van der Waals surface area contributed by atoms with Gasteiger partial charge in [0, 0.05) is 5.69 Å². The van der Waals surface area contributed by atoms with Crippen LogP contribution in [0.1, 0.15) is 37.8 Å². The van der Waals surface area contributed by atoms with Gasteiger partial charge in [-0.25, -0.2) is 0 Å². The van der Waals surface area contributed by atoms with Crippen molar-refractivity contribution in [1.29, 1.82) is 0 Å². The molecule has 0 saturated carbocycles. The molecule has 0 aliphatic carbocycles. The summed E-state index contributed by atoms with van der Waals surface area (Å²) in [5.74, 6) is 1.13. The average Bonchev–Trinajstić information content (AvgIpc) is 3.20. The van der Waals surface area contributed by atoms with Crippen molar-refractivity contribution in [2.75, 3.05) is 30.5 Å². The quantitative estimate of drug-likeness (QED) is 0.194. The maximum atomic E-state index is 13.2. The molecular weight excluding hydrogens is 568 g/mol. The second-order valence-electron chi connectivity index (χ2n) is 9.05. The predicted molar refractivity (Wildman–Crippen MR) is 166 cm³/mol. The molecule has 7 nitrogen and oxygen atoms in total. The third-order valence-electron chi connectivity index (χ3n) is 5.97. The third kappa shape index (κ3) is 6.78. The maximum absolute atomic E-state index is 13.2. The van der Waals surface area contributed by atoms with Gasteiger partial charge in [0.2, 0.25) is 0 Å². The number of thioether (sulfide) groups is 1. The van der Waals surface area contributed by atoms with Crippen molar-refractivity contribution in [3.63, 3.8) is 0 Å². The molecule has 1 N–H and O–H groups in total. The molecule has 3 aromatic carbocycles. The Balaban J connectivity index is 1.48. The van der Waals surface area contributed by atoms with Crippen LogP contribution in [0.2, 0.25) is 5.02 Å². The maximum Gasteiger partial charge on any atom is 0.270 e. The van der Waals surface area contributed by atoms with Gasteiger partial charge in [-0.05, 0) is 66.4 Å². The number of methoxy groups -OCH3 is 1. The Labute approximate surface area is 248 Å². The number of carbonyl (C=O) groups excluding carboxylic acids is 2. The Morgan fingerprint density at radius 3 is 2.52 bits per heavy atom. The summed E-state index contributed by atoms with van der Waals surface area (Å²) in [5, 5.41) is 3.31. The van der Waals surface area contributed by atoms with Gasteiger partial charge in [0.05, 0.1) is 29.3 Å². The first kappa shape index (κ1) is 29.5. The van der Waals surface area contributed by atoms with Gasteiger partial charge in [-0.15, -0.1) is 0 Å². The van der Waals surface area contributed by atoms with E-state index in [0.29, 0.717) is 43.8 Å². The first-order valence-electron chi connectivity index (χ1n) is 12.6. The molecule has 1 heterocycles. The number of carbonyl (C=O) groups is 2. The van der Waals surface area contributed by atoms with Crippen LogP contribution in [-0.2, 0) is 9.59 Å². The highest BCUT2D eigenvalue weighted by molar-refractivity contribution is 8.27. The molecule has 2 amide bonds. The Kier molecular flexibility index (Phi) is 9.73. The number of thiocarbonyl (C=S) groups is 1. The number of halogens is 1. The fourth-order valence-electron chi connectivity index (χ4n) is 4.08. The molecule has 1 fully saturated rings. The van der Waals surface area contributed by atoms with Gasteiger partial charge in [0.1, 0.15) is 5.75 Å². The molecule has 0 spiro atoms. The zero-order valence-corrected chi connectivity index (χ0v) is 24.9. The summed E-state index contributed by atoms with van der Waals surface area (Å²) in [7, 11) is 1.53. The Morgan fingerprint density at radius 1 is 1.07 bits per heavy atom. The second kappa shape index (κ2) is 13.2. The first-order valence-corrected chi connectivity index (χ1v) is 14.2.